The molecule has 0 spiro atoms. The largest absolute Gasteiger partial charge is 0.364 e. The van der Waals surface area contributed by atoms with Crippen LogP contribution in [-0.2, 0) is 4.79 Å². The molecule has 7 nitrogen and oxygen atoms in total. The Morgan fingerprint density at radius 3 is 2.68 bits per heavy atom. The third-order valence-corrected chi connectivity index (χ3v) is 5.78. The standard InChI is InChI=1S/C24H25N5O2/c1-3-22(30)29(17-9-12-28(2)13-10-17)21-8-4-7-20-19(21)14-16(15-27-20)18-6-5-11-26-23(18)24(25)31/h3-8,11,14-15,17H,1,9-10,12-13H2,2H3,(H2,25,31). The number of fused-ring (bicyclic) bond motifs is 1. The molecule has 1 saturated heterocycles. The lowest BCUT2D eigenvalue weighted by Gasteiger charge is -2.37. The lowest BCUT2D eigenvalue weighted by molar-refractivity contribution is -0.114. The minimum absolute atomic E-state index is 0.0792. The number of pyridine rings is 2. The van der Waals surface area contributed by atoms with Crippen molar-refractivity contribution < 1.29 is 9.59 Å². The van der Waals surface area contributed by atoms with E-state index in [1.165, 1.54) is 12.3 Å². The van der Waals surface area contributed by atoms with Gasteiger partial charge in [0.2, 0.25) is 0 Å². The van der Waals surface area contributed by atoms with E-state index in [0.717, 1.165) is 48.1 Å². The summed E-state index contributed by atoms with van der Waals surface area (Å²) in [5, 5.41) is 0.827. The second-order valence-corrected chi connectivity index (χ2v) is 7.78. The molecular formula is C24H25N5O2. The predicted molar refractivity (Wildman–Crippen MR) is 122 cm³/mol. The number of carbonyl (C=O) groups is 2. The number of hydrogen-bond donors (Lipinski definition) is 1. The maximum absolute atomic E-state index is 12.9. The third-order valence-electron chi connectivity index (χ3n) is 5.78. The molecule has 31 heavy (non-hydrogen) atoms. The number of likely N-dealkylation sites (tertiary alicyclic amines) is 1. The summed E-state index contributed by atoms with van der Waals surface area (Å²) in [6.45, 7) is 5.57. The van der Waals surface area contributed by atoms with E-state index in [9.17, 15) is 9.59 Å². The first-order valence-corrected chi connectivity index (χ1v) is 10.3. The number of aromatic nitrogens is 2. The molecule has 3 heterocycles. The molecule has 3 aromatic rings. The molecule has 7 heteroatoms. The van der Waals surface area contributed by atoms with Crippen LogP contribution in [-0.4, -0.2) is 52.9 Å². The Morgan fingerprint density at radius 2 is 1.97 bits per heavy atom. The minimum Gasteiger partial charge on any atom is -0.364 e. The van der Waals surface area contributed by atoms with Gasteiger partial charge in [-0.1, -0.05) is 18.7 Å². The Morgan fingerprint density at radius 1 is 1.19 bits per heavy atom. The van der Waals surface area contributed by atoms with Gasteiger partial charge in [-0.3, -0.25) is 19.6 Å². The van der Waals surface area contributed by atoms with E-state index < -0.39 is 5.91 Å². The van der Waals surface area contributed by atoms with Crippen LogP contribution in [0.2, 0.25) is 0 Å². The molecule has 0 atom stereocenters. The number of benzene rings is 1. The zero-order valence-corrected chi connectivity index (χ0v) is 17.5. The molecule has 0 unspecified atom stereocenters. The summed E-state index contributed by atoms with van der Waals surface area (Å²) in [4.78, 5) is 37.6. The van der Waals surface area contributed by atoms with Gasteiger partial charge in [0.15, 0.2) is 0 Å². The van der Waals surface area contributed by atoms with Gasteiger partial charge in [-0.25, -0.2) is 0 Å². The molecule has 0 radical (unpaired) electrons. The topological polar surface area (TPSA) is 92.4 Å². The number of hydrogen-bond acceptors (Lipinski definition) is 5. The number of amides is 2. The van der Waals surface area contributed by atoms with Gasteiger partial charge in [0, 0.05) is 34.9 Å². The fourth-order valence-corrected chi connectivity index (χ4v) is 4.17. The van der Waals surface area contributed by atoms with E-state index in [1.807, 2.05) is 29.2 Å². The van der Waals surface area contributed by atoms with Crippen LogP contribution in [0.5, 0.6) is 0 Å². The minimum atomic E-state index is -0.598. The summed E-state index contributed by atoms with van der Waals surface area (Å²) in [6, 6.07) is 11.3. The van der Waals surface area contributed by atoms with Crippen molar-refractivity contribution in [2.24, 2.45) is 5.73 Å². The fraction of sp³-hybridized carbons (Fsp3) is 0.250. The van der Waals surface area contributed by atoms with Crippen molar-refractivity contribution in [3.05, 3.63) is 67.1 Å². The molecule has 1 aliphatic rings. The van der Waals surface area contributed by atoms with Gasteiger partial charge in [0.1, 0.15) is 5.69 Å². The lowest BCUT2D eigenvalue weighted by Crippen LogP contribution is -2.46. The molecular weight excluding hydrogens is 390 g/mol. The van der Waals surface area contributed by atoms with Crippen LogP contribution in [0, 0.1) is 0 Å². The van der Waals surface area contributed by atoms with Gasteiger partial charge >= 0.3 is 0 Å². The Hall–Kier alpha value is -3.58. The van der Waals surface area contributed by atoms with Crippen LogP contribution in [0.1, 0.15) is 23.3 Å². The van der Waals surface area contributed by atoms with Crippen molar-refractivity contribution in [1.29, 1.82) is 0 Å². The third kappa shape index (κ3) is 4.04. The first-order valence-electron chi connectivity index (χ1n) is 10.3. The summed E-state index contributed by atoms with van der Waals surface area (Å²) < 4.78 is 0. The number of anilines is 1. The Balaban J connectivity index is 1.86. The Kier molecular flexibility index (Phi) is 5.77. The van der Waals surface area contributed by atoms with Gasteiger partial charge in [0.05, 0.1) is 11.2 Å². The van der Waals surface area contributed by atoms with Gasteiger partial charge in [-0.2, -0.15) is 0 Å². The summed E-state index contributed by atoms with van der Waals surface area (Å²) in [5.41, 5.74) is 8.59. The van der Waals surface area contributed by atoms with Crippen molar-refractivity contribution in [2.45, 2.75) is 18.9 Å². The Labute approximate surface area is 181 Å². The van der Waals surface area contributed by atoms with Crippen molar-refractivity contribution in [3.8, 4) is 11.1 Å². The number of rotatable bonds is 5. The highest BCUT2D eigenvalue weighted by molar-refractivity contribution is 6.08. The van der Waals surface area contributed by atoms with Crippen LogP contribution in [0.4, 0.5) is 5.69 Å². The highest BCUT2D eigenvalue weighted by Crippen LogP contribution is 2.33. The van der Waals surface area contributed by atoms with Crippen LogP contribution < -0.4 is 10.6 Å². The van der Waals surface area contributed by atoms with Crippen molar-refractivity contribution in [3.63, 3.8) is 0 Å². The van der Waals surface area contributed by atoms with Gasteiger partial charge in [0.25, 0.3) is 11.8 Å². The lowest BCUT2D eigenvalue weighted by atomic mass is 9.99. The maximum atomic E-state index is 12.9. The van der Waals surface area contributed by atoms with Crippen LogP contribution in [0.15, 0.2) is 61.4 Å². The predicted octanol–water partition coefficient (Wildman–Crippen LogP) is 3.01. The summed E-state index contributed by atoms with van der Waals surface area (Å²) in [6.07, 6.45) is 6.36. The number of nitrogens with two attached hydrogens (primary N) is 1. The SMILES string of the molecule is C=CC(=O)N(c1cccc2ncc(-c3cccnc3C(N)=O)cc12)C1CCN(C)CC1. The molecule has 0 saturated carbocycles. The summed E-state index contributed by atoms with van der Waals surface area (Å²) in [7, 11) is 2.09. The number of nitrogens with zero attached hydrogens (tertiary/aromatic N) is 4. The van der Waals surface area contributed by atoms with Gasteiger partial charge in [-0.15, -0.1) is 0 Å². The average Bonchev–Trinajstić information content (AvgIpc) is 2.80. The van der Waals surface area contributed by atoms with Gasteiger partial charge < -0.3 is 15.5 Å². The first kappa shape index (κ1) is 20.7. The zero-order chi connectivity index (χ0) is 22.0. The molecule has 2 N–H and O–H groups in total. The molecule has 4 rings (SSSR count). The molecule has 158 valence electrons. The maximum Gasteiger partial charge on any atom is 0.267 e. The highest BCUT2D eigenvalue weighted by atomic mass is 16.2. The van der Waals surface area contributed by atoms with E-state index in [-0.39, 0.29) is 17.6 Å². The highest BCUT2D eigenvalue weighted by Gasteiger charge is 2.28. The zero-order valence-electron chi connectivity index (χ0n) is 17.5. The summed E-state index contributed by atoms with van der Waals surface area (Å²) >= 11 is 0. The van der Waals surface area contributed by atoms with Crippen LogP contribution in [0.3, 0.4) is 0 Å². The van der Waals surface area contributed by atoms with E-state index in [2.05, 4.69) is 28.5 Å². The Bertz CT molecular complexity index is 1150. The number of carbonyl (C=O) groups excluding carboxylic acids is 2. The average molecular weight is 415 g/mol. The number of primary amides is 1. The molecule has 0 bridgehead atoms. The second-order valence-electron chi connectivity index (χ2n) is 7.78. The molecule has 0 aliphatic carbocycles. The van der Waals surface area contributed by atoms with Crippen LogP contribution >= 0.6 is 0 Å². The van der Waals surface area contributed by atoms with E-state index in [1.54, 1.807) is 18.3 Å². The van der Waals surface area contributed by atoms with E-state index in [4.69, 9.17) is 5.73 Å². The molecule has 2 amide bonds. The van der Waals surface area contributed by atoms with Crippen molar-refractivity contribution >= 4 is 28.4 Å². The monoisotopic (exact) mass is 415 g/mol. The molecule has 2 aromatic heterocycles. The first-order chi connectivity index (χ1) is 15.0. The normalized spacial score (nSPS) is 15.0. The molecule has 1 aliphatic heterocycles. The molecule has 1 fully saturated rings. The second kappa shape index (κ2) is 8.65. The van der Waals surface area contributed by atoms with Gasteiger partial charge in [-0.05, 0) is 63.3 Å². The van der Waals surface area contributed by atoms with Crippen molar-refractivity contribution in [2.75, 3.05) is 25.0 Å². The smallest absolute Gasteiger partial charge is 0.267 e. The molecule has 1 aromatic carbocycles. The van der Waals surface area contributed by atoms with Crippen molar-refractivity contribution in [1.82, 2.24) is 14.9 Å². The fourth-order valence-electron chi connectivity index (χ4n) is 4.17. The van der Waals surface area contributed by atoms with E-state index >= 15 is 0 Å². The van der Waals surface area contributed by atoms with E-state index in [0.29, 0.717) is 5.56 Å². The summed E-state index contributed by atoms with van der Waals surface area (Å²) in [5.74, 6) is -0.731. The van der Waals surface area contributed by atoms with Crippen LogP contribution in [0.25, 0.3) is 22.0 Å². The number of piperidine rings is 1. The quantitative estimate of drug-likeness (QED) is 0.647.